The van der Waals surface area contributed by atoms with Gasteiger partial charge in [-0.15, -0.1) is 0 Å². The van der Waals surface area contributed by atoms with E-state index in [1.54, 1.807) is 0 Å². The summed E-state index contributed by atoms with van der Waals surface area (Å²) in [6, 6.07) is 0. The summed E-state index contributed by atoms with van der Waals surface area (Å²) < 4.78 is 6.96. The number of aliphatic hydroxyl groups excluding tert-OH is 2. The third-order valence-electron chi connectivity index (χ3n) is 3.50. The first kappa shape index (κ1) is 13.7. The molecule has 1 aliphatic rings. The number of aliphatic hydroxyl groups is 3. The van der Waals surface area contributed by atoms with Crippen LogP contribution in [0.1, 0.15) is 13.2 Å². The molecule has 0 bridgehead atoms. The summed E-state index contributed by atoms with van der Waals surface area (Å²) in [4.78, 5) is 11.9. The quantitative estimate of drug-likeness (QED) is 0.640. The summed E-state index contributed by atoms with van der Waals surface area (Å²) in [6.07, 6.45) is -0.383. The Bertz CT molecular complexity index is 646. The van der Waals surface area contributed by atoms with Crippen LogP contribution in [-0.2, 0) is 4.74 Å². The second-order valence-corrected chi connectivity index (χ2v) is 5.23. The van der Waals surface area contributed by atoms with Gasteiger partial charge in [0.15, 0.2) is 17.0 Å². The fraction of sp³-hybridized carbons (Fsp3) is 0.545. The van der Waals surface area contributed by atoms with Gasteiger partial charge in [0.05, 0.1) is 12.9 Å². The Morgan fingerprint density at radius 1 is 1.45 bits per heavy atom. The van der Waals surface area contributed by atoms with E-state index < -0.39 is 30.6 Å². The second-order valence-electron chi connectivity index (χ2n) is 4.87. The number of halogens is 1. The van der Waals surface area contributed by atoms with Crippen molar-refractivity contribution in [2.24, 2.45) is 0 Å². The van der Waals surface area contributed by atoms with E-state index in [9.17, 15) is 15.3 Å². The molecule has 20 heavy (non-hydrogen) atoms. The largest absolute Gasteiger partial charge is 0.394 e. The number of ether oxygens (including phenoxy) is 1. The van der Waals surface area contributed by atoms with Crippen LogP contribution in [0.15, 0.2) is 12.7 Å². The SMILES string of the molecule is C[C@@]1(O)[C@H](O)[C@@H](CO)O[C@H]1n1cnc2c(Cl)ncnc21. The van der Waals surface area contributed by atoms with E-state index in [4.69, 9.17) is 16.3 Å². The molecular weight excluding hydrogens is 288 g/mol. The first-order chi connectivity index (χ1) is 9.46. The van der Waals surface area contributed by atoms with Crippen LogP contribution in [0.25, 0.3) is 11.2 Å². The number of fused-ring (bicyclic) bond motifs is 1. The first-order valence-corrected chi connectivity index (χ1v) is 6.34. The van der Waals surface area contributed by atoms with Crippen LogP contribution in [-0.4, -0.2) is 59.3 Å². The van der Waals surface area contributed by atoms with E-state index in [1.807, 2.05) is 0 Å². The van der Waals surface area contributed by atoms with Gasteiger partial charge >= 0.3 is 0 Å². The number of hydrogen-bond acceptors (Lipinski definition) is 7. The highest BCUT2D eigenvalue weighted by Gasteiger charge is 2.53. The molecule has 3 rings (SSSR count). The molecule has 0 unspecified atom stereocenters. The standard InChI is InChI=1S/C11H13ClN4O4/c1-11(19)7(18)5(2-17)20-10(11)16-4-15-6-8(12)13-3-14-9(6)16/h3-5,7,10,17-19H,2H2,1H3/t5-,7-,10-,11-/m1/s1. The molecule has 0 aromatic carbocycles. The van der Waals surface area contributed by atoms with Crippen molar-refractivity contribution in [3.8, 4) is 0 Å². The lowest BCUT2D eigenvalue weighted by Crippen LogP contribution is -2.44. The molecule has 3 N–H and O–H groups in total. The van der Waals surface area contributed by atoms with Crippen molar-refractivity contribution in [1.82, 2.24) is 19.5 Å². The number of hydrogen-bond donors (Lipinski definition) is 3. The maximum absolute atomic E-state index is 10.4. The summed E-state index contributed by atoms with van der Waals surface area (Å²) in [6.45, 7) is 1.02. The number of aromatic nitrogens is 4. The summed E-state index contributed by atoms with van der Waals surface area (Å²) in [5, 5.41) is 29.8. The van der Waals surface area contributed by atoms with Gasteiger partial charge in [0, 0.05) is 0 Å². The zero-order valence-electron chi connectivity index (χ0n) is 10.5. The molecule has 0 radical (unpaired) electrons. The van der Waals surface area contributed by atoms with Gasteiger partial charge in [-0.05, 0) is 6.92 Å². The topological polar surface area (TPSA) is 114 Å². The van der Waals surface area contributed by atoms with Crippen molar-refractivity contribution in [3.05, 3.63) is 17.8 Å². The highest BCUT2D eigenvalue weighted by Crippen LogP contribution is 2.39. The number of nitrogens with zero attached hydrogens (tertiary/aromatic N) is 4. The van der Waals surface area contributed by atoms with Crippen LogP contribution in [0.3, 0.4) is 0 Å². The Morgan fingerprint density at radius 2 is 2.20 bits per heavy atom. The van der Waals surface area contributed by atoms with Crippen LogP contribution < -0.4 is 0 Å². The molecular formula is C11H13ClN4O4. The predicted molar refractivity (Wildman–Crippen MR) is 68.0 cm³/mol. The molecule has 8 nitrogen and oxygen atoms in total. The Balaban J connectivity index is 2.10. The van der Waals surface area contributed by atoms with Gasteiger partial charge in [-0.1, -0.05) is 11.6 Å². The van der Waals surface area contributed by atoms with Crippen LogP contribution in [0.5, 0.6) is 0 Å². The Morgan fingerprint density at radius 3 is 2.85 bits per heavy atom. The maximum atomic E-state index is 10.4. The highest BCUT2D eigenvalue weighted by molar-refractivity contribution is 6.33. The average molecular weight is 301 g/mol. The summed E-state index contributed by atoms with van der Waals surface area (Å²) in [5.74, 6) is 0. The third-order valence-corrected chi connectivity index (χ3v) is 3.78. The van der Waals surface area contributed by atoms with E-state index in [2.05, 4.69) is 15.0 Å². The minimum absolute atomic E-state index is 0.186. The van der Waals surface area contributed by atoms with Gasteiger partial charge in [-0.3, -0.25) is 4.57 Å². The van der Waals surface area contributed by atoms with Crippen LogP contribution in [0.2, 0.25) is 5.15 Å². The molecule has 1 aliphatic heterocycles. The molecule has 2 aromatic rings. The minimum Gasteiger partial charge on any atom is -0.394 e. The van der Waals surface area contributed by atoms with Crippen LogP contribution in [0, 0.1) is 0 Å². The van der Waals surface area contributed by atoms with Crippen molar-refractivity contribution in [3.63, 3.8) is 0 Å². The molecule has 1 fully saturated rings. The zero-order valence-corrected chi connectivity index (χ0v) is 11.3. The second kappa shape index (κ2) is 4.61. The number of imidazole rings is 1. The lowest BCUT2D eigenvalue weighted by atomic mass is 9.96. The number of rotatable bonds is 2. The molecule has 4 atom stereocenters. The van der Waals surface area contributed by atoms with Gasteiger partial charge in [0.2, 0.25) is 0 Å². The molecule has 0 aliphatic carbocycles. The van der Waals surface area contributed by atoms with E-state index >= 15 is 0 Å². The Kier molecular flexibility index (Phi) is 3.14. The molecule has 0 saturated carbocycles. The molecule has 2 aromatic heterocycles. The van der Waals surface area contributed by atoms with Crippen molar-refractivity contribution in [1.29, 1.82) is 0 Å². The summed E-state index contributed by atoms with van der Waals surface area (Å²) in [5.41, 5.74) is -0.852. The fourth-order valence-corrected chi connectivity index (χ4v) is 2.56. The van der Waals surface area contributed by atoms with E-state index in [0.717, 1.165) is 0 Å². The predicted octanol–water partition coefficient (Wildman–Crippen LogP) is -0.519. The van der Waals surface area contributed by atoms with Crippen molar-refractivity contribution < 1.29 is 20.1 Å². The molecule has 0 spiro atoms. The van der Waals surface area contributed by atoms with Gasteiger partial charge in [0.1, 0.15) is 29.7 Å². The minimum atomic E-state index is -1.60. The van der Waals surface area contributed by atoms with E-state index in [1.165, 1.54) is 24.1 Å². The Labute approximate surface area is 118 Å². The Hall–Kier alpha value is -1.32. The van der Waals surface area contributed by atoms with Crippen molar-refractivity contribution in [2.75, 3.05) is 6.61 Å². The van der Waals surface area contributed by atoms with Gasteiger partial charge in [0.25, 0.3) is 0 Å². The van der Waals surface area contributed by atoms with Gasteiger partial charge in [-0.25, -0.2) is 15.0 Å². The van der Waals surface area contributed by atoms with E-state index in [-0.39, 0.29) is 5.15 Å². The van der Waals surface area contributed by atoms with Crippen molar-refractivity contribution >= 4 is 22.8 Å². The van der Waals surface area contributed by atoms with E-state index in [0.29, 0.717) is 11.2 Å². The van der Waals surface area contributed by atoms with Gasteiger partial charge < -0.3 is 20.1 Å². The zero-order chi connectivity index (χ0) is 14.5. The summed E-state index contributed by atoms with van der Waals surface area (Å²) in [7, 11) is 0. The lowest BCUT2D eigenvalue weighted by Gasteiger charge is -2.27. The summed E-state index contributed by atoms with van der Waals surface area (Å²) >= 11 is 5.91. The third kappa shape index (κ3) is 1.80. The van der Waals surface area contributed by atoms with Crippen molar-refractivity contribution in [2.45, 2.75) is 31.0 Å². The van der Waals surface area contributed by atoms with Crippen LogP contribution in [0.4, 0.5) is 0 Å². The molecule has 3 heterocycles. The highest BCUT2D eigenvalue weighted by atomic mass is 35.5. The first-order valence-electron chi connectivity index (χ1n) is 5.96. The normalized spacial score (nSPS) is 34.0. The van der Waals surface area contributed by atoms with Crippen LogP contribution >= 0.6 is 11.6 Å². The monoisotopic (exact) mass is 300 g/mol. The van der Waals surface area contributed by atoms with Gasteiger partial charge in [-0.2, -0.15) is 0 Å². The average Bonchev–Trinajstić information content (AvgIpc) is 2.92. The lowest BCUT2D eigenvalue weighted by molar-refractivity contribution is -0.0950. The smallest absolute Gasteiger partial charge is 0.168 e. The molecule has 0 amide bonds. The molecule has 1 saturated heterocycles. The maximum Gasteiger partial charge on any atom is 0.168 e. The molecule has 9 heteroatoms. The fourth-order valence-electron chi connectivity index (χ4n) is 2.39. The molecule has 108 valence electrons.